The van der Waals surface area contributed by atoms with Crippen LogP contribution in [0, 0.1) is 11.3 Å². The van der Waals surface area contributed by atoms with Crippen LogP contribution >= 0.6 is 11.6 Å². The Morgan fingerprint density at radius 2 is 1.93 bits per heavy atom. The molecular formula is C22H21ClN4O3. The maximum absolute atomic E-state index is 12.4. The molecule has 2 aliphatic heterocycles. The molecule has 0 unspecified atom stereocenters. The molecule has 0 spiro atoms. The summed E-state index contributed by atoms with van der Waals surface area (Å²) in [6.07, 6.45) is 1.17. The van der Waals surface area contributed by atoms with Crippen molar-refractivity contribution >= 4 is 35.0 Å². The van der Waals surface area contributed by atoms with Gasteiger partial charge in [0.2, 0.25) is 5.91 Å². The molecule has 2 aliphatic rings. The highest BCUT2D eigenvalue weighted by Gasteiger charge is 2.34. The molecule has 0 saturated carbocycles. The van der Waals surface area contributed by atoms with Crippen LogP contribution in [0.3, 0.4) is 0 Å². The van der Waals surface area contributed by atoms with Crippen LogP contribution in [0.15, 0.2) is 42.5 Å². The van der Waals surface area contributed by atoms with Crippen molar-refractivity contribution in [2.45, 2.75) is 25.5 Å². The summed E-state index contributed by atoms with van der Waals surface area (Å²) in [6, 6.07) is 14.3. The van der Waals surface area contributed by atoms with Crippen LogP contribution in [0.25, 0.3) is 0 Å². The quantitative estimate of drug-likeness (QED) is 0.807. The first-order valence-corrected chi connectivity index (χ1v) is 10.2. The third-order valence-corrected chi connectivity index (χ3v) is 5.67. The molecule has 8 heteroatoms. The molecule has 2 aromatic rings. The van der Waals surface area contributed by atoms with Gasteiger partial charge in [-0.1, -0.05) is 11.6 Å². The van der Waals surface area contributed by atoms with Crippen LogP contribution in [-0.2, 0) is 16.1 Å². The second-order valence-electron chi connectivity index (χ2n) is 7.44. The van der Waals surface area contributed by atoms with Gasteiger partial charge in [0.15, 0.2) is 0 Å². The van der Waals surface area contributed by atoms with Gasteiger partial charge in [-0.05, 0) is 55.3 Å². The molecule has 0 radical (unpaired) electrons. The van der Waals surface area contributed by atoms with Crippen LogP contribution in [0.1, 0.15) is 24.0 Å². The molecule has 0 atom stereocenters. The van der Waals surface area contributed by atoms with Gasteiger partial charge in [-0.25, -0.2) is 4.79 Å². The van der Waals surface area contributed by atoms with E-state index in [-0.39, 0.29) is 31.2 Å². The average molecular weight is 425 g/mol. The summed E-state index contributed by atoms with van der Waals surface area (Å²) in [6.45, 7) is 1.93. The van der Waals surface area contributed by atoms with E-state index in [9.17, 15) is 9.59 Å². The lowest BCUT2D eigenvalue weighted by Crippen LogP contribution is -2.50. The first-order valence-electron chi connectivity index (χ1n) is 9.80. The summed E-state index contributed by atoms with van der Waals surface area (Å²) >= 11 is 6.07. The first-order chi connectivity index (χ1) is 14.5. The highest BCUT2D eigenvalue weighted by atomic mass is 35.5. The fourth-order valence-electron chi connectivity index (χ4n) is 3.93. The Morgan fingerprint density at radius 3 is 2.63 bits per heavy atom. The summed E-state index contributed by atoms with van der Waals surface area (Å²) in [5.74, 6) is -0.101. The number of carbonyl (C=O) groups excluding carboxylic acids is 2. The average Bonchev–Trinajstić information content (AvgIpc) is 2.75. The zero-order chi connectivity index (χ0) is 21.1. The molecule has 2 amide bonds. The minimum atomic E-state index is -0.332. The Balaban J connectivity index is 1.33. The Hall–Kier alpha value is -3.08. The number of halogens is 1. The zero-order valence-electron chi connectivity index (χ0n) is 16.3. The number of ether oxygens (including phenoxy) is 1. The van der Waals surface area contributed by atoms with Gasteiger partial charge in [0.1, 0.15) is 6.61 Å². The summed E-state index contributed by atoms with van der Waals surface area (Å²) in [4.78, 5) is 28.6. The number of nitriles is 1. The lowest BCUT2D eigenvalue weighted by molar-refractivity contribution is -0.117. The number of rotatable bonds is 4. The van der Waals surface area contributed by atoms with E-state index in [1.54, 1.807) is 35.2 Å². The number of fused-ring (bicyclic) bond motifs is 1. The minimum absolute atomic E-state index is 0.0237. The number of amides is 2. The molecule has 4 rings (SSSR count). The van der Waals surface area contributed by atoms with Crippen LogP contribution in [0.4, 0.5) is 16.2 Å². The van der Waals surface area contributed by atoms with Crippen molar-refractivity contribution in [3.63, 3.8) is 0 Å². The van der Waals surface area contributed by atoms with Crippen LogP contribution in [0.5, 0.6) is 0 Å². The predicted octanol–water partition coefficient (Wildman–Crippen LogP) is 3.77. The van der Waals surface area contributed by atoms with E-state index in [1.807, 2.05) is 12.1 Å². The number of anilines is 2. The highest BCUT2D eigenvalue weighted by Crippen LogP contribution is 2.33. The maximum atomic E-state index is 12.4. The lowest BCUT2D eigenvalue weighted by atomic mass is 10.0. The molecule has 30 heavy (non-hydrogen) atoms. The van der Waals surface area contributed by atoms with Crippen molar-refractivity contribution in [2.75, 3.05) is 29.9 Å². The molecule has 1 saturated heterocycles. The Bertz CT molecular complexity index is 994. The van der Waals surface area contributed by atoms with Gasteiger partial charge in [-0.2, -0.15) is 5.26 Å². The van der Waals surface area contributed by atoms with Crippen molar-refractivity contribution in [3.05, 3.63) is 58.6 Å². The van der Waals surface area contributed by atoms with E-state index in [4.69, 9.17) is 21.6 Å². The fraction of sp³-hybridized carbons (Fsp3) is 0.318. The molecule has 1 N–H and O–H groups in total. The number of cyclic esters (lactones) is 1. The van der Waals surface area contributed by atoms with E-state index in [0.29, 0.717) is 29.4 Å². The fourth-order valence-corrected chi connectivity index (χ4v) is 4.12. The van der Waals surface area contributed by atoms with E-state index >= 15 is 0 Å². The molecule has 154 valence electrons. The van der Waals surface area contributed by atoms with Crippen molar-refractivity contribution in [1.82, 2.24) is 4.90 Å². The highest BCUT2D eigenvalue weighted by molar-refractivity contribution is 6.30. The van der Waals surface area contributed by atoms with Crippen LogP contribution < -0.4 is 10.2 Å². The molecule has 0 aromatic heterocycles. The second-order valence-corrected chi connectivity index (χ2v) is 7.88. The number of nitrogens with one attached hydrogen (secondary N) is 1. The Labute approximate surface area is 179 Å². The lowest BCUT2D eigenvalue weighted by Gasteiger charge is -2.40. The van der Waals surface area contributed by atoms with Gasteiger partial charge < -0.3 is 10.1 Å². The summed E-state index contributed by atoms with van der Waals surface area (Å²) in [5, 5.41) is 12.3. The van der Waals surface area contributed by atoms with Gasteiger partial charge in [0.25, 0.3) is 0 Å². The zero-order valence-corrected chi connectivity index (χ0v) is 17.1. The van der Waals surface area contributed by atoms with Crippen molar-refractivity contribution in [1.29, 1.82) is 5.26 Å². The second kappa shape index (κ2) is 8.74. The van der Waals surface area contributed by atoms with Crippen molar-refractivity contribution in [3.8, 4) is 6.07 Å². The van der Waals surface area contributed by atoms with E-state index in [2.05, 4.69) is 16.3 Å². The van der Waals surface area contributed by atoms with Crippen LogP contribution in [-0.4, -0.2) is 42.6 Å². The molecule has 0 bridgehead atoms. The molecule has 7 nitrogen and oxygen atoms in total. The molecular weight excluding hydrogens is 404 g/mol. The molecule has 2 heterocycles. The van der Waals surface area contributed by atoms with Crippen molar-refractivity contribution in [2.24, 2.45) is 0 Å². The number of benzene rings is 2. The SMILES string of the molecule is N#Cc1ccc(NC(=O)CN2CCC(N3C(=O)OCc4cc(Cl)ccc43)CC2)cc1. The third kappa shape index (κ3) is 4.40. The normalized spacial score (nSPS) is 17.1. The van der Waals surface area contributed by atoms with E-state index < -0.39 is 0 Å². The number of likely N-dealkylation sites (tertiary alicyclic amines) is 1. The summed E-state index contributed by atoms with van der Waals surface area (Å²) in [7, 11) is 0. The smallest absolute Gasteiger partial charge is 0.414 e. The number of hydrogen-bond acceptors (Lipinski definition) is 5. The topological polar surface area (TPSA) is 85.7 Å². The third-order valence-electron chi connectivity index (χ3n) is 5.44. The first kappa shape index (κ1) is 20.2. The maximum Gasteiger partial charge on any atom is 0.414 e. The number of hydrogen-bond donors (Lipinski definition) is 1. The van der Waals surface area contributed by atoms with Crippen molar-refractivity contribution < 1.29 is 14.3 Å². The minimum Gasteiger partial charge on any atom is -0.444 e. The largest absolute Gasteiger partial charge is 0.444 e. The van der Waals surface area contributed by atoms with Gasteiger partial charge in [-0.3, -0.25) is 14.6 Å². The van der Waals surface area contributed by atoms with Gasteiger partial charge in [0, 0.05) is 35.4 Å². The Morgan fingerprint density at radius 1 is 1.20 bits per heavy atom. The molecule has 2 aromatic carbocycles. The monoisotopic (exact) mass is 424 g/mol. The summed E-state index contributed by atoms with van der Waals surface area (Å²) < 4.78 is 5.33. The standard InChI is InChI=1S/C22H21ClN4O3/c23-17-3-6-20-16(11-17)14-30-22(29)27(20)19-7-9-26(10-8-19)13-21(28)25-18-4-1-15(12-24)2-5-18/h1-6,11,19H,7-10,13-14H2,(H,25,28). The van der Waals surface area contributed by atoms with Gasteiger partial charge in [-0.15, -0.1) is 0 Å². The van der Waals surface area contributed by atoms with Gasteiger partial charge >= 0.3 is 6.09 Å². The molecule has 1 fully saturated rings. The van der Waals surface area contributed by atoms with Gasteiger partial charge in [0.05, 0.1) is 23.9 Å². The number of nitrogens with zero attached hydrogens (tertiary/aromatic N) is 3. The summed E-state index contributed by atoms with van der Waals surface area (Å²) in [5.41, 5.74) is 2.98. The van der Waals surface area contributed by atoms with E-state index in [0.717, 1.165) is 24.1 Å². The molecule has 0 aliphatic carbocycles. The number of piperidine rings is 1. The number of carbonyl (C=O) groups is 2. The predicted molar refractivity (Wildman–Crippen MR) is 113 cm³/mol. The van der Waals surface area contributed by atoms with Crippen LogP contribution in [0.2, 0.25) is 5.02 Å². The Kier molecular flexibility index (Phi) is 5.88. The van der Waals surface area contributed by atoms with E-state index in [1.165, 1.54) is 0 Å².